The van der Waals surface area contributed by atoms with Crippen LogP contribution in [-0.2, 0) is 4.79 Å². The van der Waals surface area contributed by atoms with Gasteiger partial charge in [-0.05, 0) is 24.6 Å². The molecule has 0 atom stereocenters. The first-order chi connectivity index (χ1) is 8.62. The van der Waals surface area contributed by atoms with Gasteiger partial charge >= 0.3 is 0 Å². The molecule has 0 aromatic heterocycles. The number of rotatable bonds is 5. The number of methoxy groups -OCH3 is 1. The molecular weight excluding hydrogens is 232 g/mol. The smallest absolute Gasteiger partial charge is 0.251 e. The molecule has 5 nitrogen and oxygen atoms in total. The summed E-state index contributed by atoms with van der Waals surface area (Å²) in [4.78, 5) is 23.0. The molecule has 5 heteroatoms. The molecule has 0 radical (unpaired) electrons. The molecule has 2 amide bonds. The summed E-state index contributed by atoms with van der Waals surface area (Å²) in [5, 5.41) is 5.28. The van der Waals surface area contributed by atoms with Crippen molar-refractivity contribution >= 4 is 17.5 Å². The Morgan fingerprint density at radius 2 is 2.06 bits per heavy atom. The highest BCUT2D eigenvalue weighted by molar-refractivity contribution is 5.97. The maximum atomic E-state index is 11.5. The molecule has 18 heavy (non-hydrogen) atoms. The van der Waals surface area contributed by atoms with E-state index in [1.54, 1.807) is 25.2 Å². The minimum Gasteiger partial charge on any atom is -0.495 e. The van der Waals surface area contributed by atoms with Crippen molar-refractivity contribution in [1.82, 2.24) is 5.32 Å². The van der Waals surface area contributed by atoms with Gasteiger partial charge in [0.2, 0.25) is 5.91 Å². The lowest BCUT2D eigenvalue weighted by atomic mass is 10.1. The quantitative estimate of drug-likeness (QED) is 0.837. The van der Waals surface area contributed by atoms with Gasteiger partial charge in [0.1, 0.15) is 5.75 Å². The van der Waals surface area contributed by atoms with Crippen molar-refractivity contribution in [2.75, 3.05) is 19.5 Å². The van der Waals surface area contributed by atoms with Crippen LogP contribution in [0.3, 0.4) is 0 Å². The molecule has 1 rings (SSSR count). The maximum absolute atomic E-state index is 11.5. The molecule has 0 spiro atoms. The first-order valence-electron chi connectivity index (χ1n) is 5.82. The van der Waals surface area contributed by atoms with Crippen LogP contribution < -0.4 is 15.4 Å². The van der Waals surface area contributed by atoms with Crippen LogP contribution in [0.1, 0.15) is 30.1 Å². The zero-order valence-corrected chi connectivity index (χ0v) is 10.9. The van der Waals surface area contributed by atoms with Crippen molar-refractivity contribution in [3.63, 3.8) is 0 Å². The molecule has 98 valence electrons. The molecule has 0 saturated heterocycles. The third-order valence-corrected chi connectivity index (χ3v) is 2.44. The van der Waals surface area contributed by atoms with Gasteiger partial charge in [0, 0.05) is 19.0 Å². The van der Waals surface area contributed by atoms with Crippen LogP contribution in [0.4, 0.5) is 5.69 Å². The van der Waals surface area contributed by atoms with E-state index in [1.165, 1.54) is 7.11 Å². The van der Waals surface area contributed by atoms with Crippen molar-refractivity contribution in [3.8, 4) is 5.75 Å². The van der Waals surface area contributed by atoms with Crippen LogP contribution in [0.15, 0.2) is 18.2 Å². The van der Waals surface area contributed by atoms with Crippen LogP contribution in [0.2, 0.25) is 0 Å². The highest BCUT2D eigenvalue weighted by Crippen LogP contribution is 2.25. The number of anilines is 1. The number of carbonyl (C=O) groups excluding carboxylic acids is 2. The molecular formula is C13H18N2O3. The molecule has 0 unspecified atom stereocenters. The highest BCUT2D eigenvalue weighted by atomic mass is 16.5. The van der Waals surface area contributed by atoms with E-state index in [4.69, 9.17) is 4.74 Å². The predicted octanol–water partition coefficient (Wildman–Crippen LogP) is 1.79. The Bertz CT molecular complexity index is 444. The van der Waals surface area contributed by atoms with Gasteiger partial charge in [0.15, 0.2) is 0 Å². The van der Waals surface area contributed by atoms with E-state index >= 15 is 0 Å². The zero-order valence-electron chi connectivity index (χ0n) is 10.9. The average molecular weight is 250 g/mol. The SMILES string of the molecule is CCCC(=O)Nc1ccc(C(=O)NC)cc1OC. The van der Waals surface area contributed by atoms with E-state index in [9.17, 15) is 9.59 Å². The summed E-state index contributed by atoms with van der Waals surface area (Å²) in [7, 11) is 3.06. The van der Waals surface area contributed by atoms with Crippen molar-refractivity contribution in [2.24, 2.45) is 0 Å². The minimum atomic E-state index is -0.195. The van der Waals surface area contributed by atoms with E-state index < -0.39 is 0 Å². The lowest BCUT2D eigenvalue weighted by molar-refractivity contribution is -0.116. The predicted molar refractivity (Wildman–Crippen MR) is 69.9 cm³/mol. The molecule has 1 aromatic rings. The second-order valence-electron chi connectivity index (χ2n) is 3.79. The van der Waals surface area contributed by atoms with Crippen LogP contribution in [0.25, 0.3) is 0 Å². The first-order valence-corrected chi connectivity index (χ1v) is 5.82. The Labute approximate surface area is 107 Å². The van der Waals surface area contributed by atoms with Crippen molar-refractivity contribution < 1.29 is 14.3 Å². The van der Waals surface area contributed by atoms with Crippen molar-refractivity contribution in [2.45, 2.75) is 19.8 Å². The van der Waals surface area contributed by atoms with Gasteiger partial charge in [-0.1, -0.05) is 6.92 Å². The maximum Gasteiger partial charge on any atom is 0.251 e. The van der Waals surface area contributed by atoms with E-state index in [0.29, 0.717) is 23.4 Å². The van der Waals surface area contributed by atoms with Gasteiger partial charge in [0.25, 0.3) is 5.91 Å². The fourth-order valence-corrected chi connectivity index (χ4v) is 1.52. The summed E-state index contributed by atoms with van der Waals surface area (Å²) in [5.41, 5.74) is 1.06. The summed E-state index contributed by atoms with van der Waals surface area (Å²) >= 11 is 0. The number of ether oxygens (including phenoxy) is 1. The van der Waals surface area contributed by atoms with Crippen molar-refractivity contribution in [3.05, 3.63) is 23.8 Å². The Balaban J connectivity index is 2.93. The minimum absolute atomic E-state index is 0.0662. The monoisotopic (exact) mass is 250 g/mol. The highest BCUT2D eigenvalue weighted by Gasteiger charge is 2.10. The van der Waals surface area contributed by atoms with Crippen LogP contribution >= 0.6 is 0 Å². The van der Waals surface area contributed by atoms with Gasteiger partial charge in [-0.15, -0.1) is 0 Å². The Morgan fingerprint density at radius 1 is 1.33 bits per heavy atom. The molecule has 0 bridgehead atoms. The molecule has 0 heterocycles. The average Bonchev–Trinajstić information content (AvgIpc) is 2.38. The van der Waals surface area contributed by atoms with Gasteiger partial charge in [0.05, 0.1) is 12.8 Å². The van der Waals surface area contributed by atoms with E-state index in [0.717, 1.165) is 6.42 Å². The number of hydrogen-bond acceptors (Lipinski definition) is 3. The Morgan fingerprint density at radius 3 is 2.61 bits per heavy atom. The van der Waals surface area contributed by atoms with Crippen LogP contribution in [0, 0.1) is 0 Å². The summed E-state index contributed by atoms with van der Waals surface area (Å²) < 4.78 is 5.16. The topological polar surface area (TPSA) is 67.4 Å². The first kappa shape index (κ1) is 14.0. The standard InChI is InChI=1S/C13H18N2O3/c1-4-5-12(16)15-10-7-6-9(13(17)14-2)8-11(10)18-3/h6-8H,4-5H2,1-3H3,(H,14,17)(H,15,16). The number of nitrogens with one attached hydrogen (secondary N) is 2. The molecule has 0 aliphatic rings. The van der Waals surface area contributed by atoms with Gasteiger partial charge in [-0.25, -0.2) is 0 Å². The van der Waals surface area contributed by atoms with E-state index in [2.05, 4.69) is 10.6 Å². The summed E-state index contributed by atoms with van der Waals surface area (Å²) in [6.45, 7) is 1.94. The lowest BCUT2D eigenvalue weighted by Gasteiger charge is -2.11. The second-order valence-corrected chi connectivity index (χ2v) is 3.79. The van der Waals surface area contributed by atoms with E-state index in [1.807, 2.05) is 6.92 Å². The largest absolute Gasteiger partial charge is 0.495 e. The second kappa shape index (κ2) is 6.64. The summed E-state index contributed by atoms with van der Waals surface area (Å²) in [6, 6.07) is 4.90. The molecule has 0 aliphatic carbocycles. The Kier molecular flexibility index (Phi) is 5.17. The number of benzene rings is 1. The van der Waals surface area contributed by atoms with Gasteiger partial charge in [-0.3, -0.25) is 9.59 Å². The molecule has 0 fully saturated rings. The van der Waals surface area contributed by atoms with E-state index in [-0.39, 0.29) is 11.8 Å². The van der Waals surface area contributed by atoms with Gasteiger partial charge < -0.3 is 15.4 Å². The third-order valence-electron chi connectivity index (χ3n) is 2.44. The molecule has 2 N–H and O–H groups in total. The molecule has 1 aromatic carbocycles. The summed E-state index contributed by atoms with van der Waals surface area (Å²) in [5.74, 6) is 0.212. The zero-order chi connectivity index (χ0) is 13.5. The fraction of sp³-hybridized carbons (Fsp3) is 0.385. The lowest BCUT2D eigenvalue weighted by Crippen LogP contribution is -2.18. The molecule has 0 aliphatic heterocycles. The fourth-order valence-electron chi connectivity index (χ4n) is 1.52. The summed E-state index contributed by atoms with van der Waals surface area (Å²) in [6.07, 6.45) is 1.24. The molecule has 0 saturated carbocycles. The van der Waals surface area contributed by atoms with Crippen molar-refractivity contribution in [1.29, 1.82) is 0 Å². The number of amides is 2. The third kappa shape index (κ3) is 3.48. The van der Waals surface area contributed by atoms with Gasteiger partial charge in [-0.2, -0.15) is 0 Å². The number of hydrogen-bond donors (Lipinski definition) is 2. The Hall–Kier alpha value is -2.04. The van der Waals surface area contributed by atoms with Crippen LogP contribution in [0.5, 0.6) is 5.75 Å². The normalized spacial score (nSPS) is 9.72. The number of carbonyl (C=O) groups is 2. The van der Waals surface area contributed by atoms with Crippen LogP contribution in [-0.4, -0.2) is 26.0 Å².